The van der Waals surface area contributed by atoms with Crippen LogP contribution in [-0.4, -0.2) is 28.9 Å². The minimum Gasteiger partial charge on any atom is -0.461 e. The van der Waals surface area contributed by atoms with E-state index in [-0.39, 0.29) is 38.1 Å². The summed E-state index contributed by atoms with van der Waals surface area (Å²) in [7, 11) is -3.77. The van der Waals surface area contributed by atoms with Gasteiger partial charge in [0.05, 0.1) is 0 Å². The Morgan fingerprint density at radius 3 is 2.06 bits per heavy atom. The number of alkyl carbamates (subject to hydrolysis) is 1. The van der Waals surface area contributed by atoms with Gasteiger partial charge in [-0.25, -0.2) is 4.79 Å². The number of carbonyl (C=O) groups excluding carboxylic acids is 2. The summed E-state index contributed by atoms with van der Waals surface area (Å²) in [6, 6.07) is 18.5. The van der Waals surface area contributed by atoms with Gasteiger partial charge in [-0.05, 0) is 36.3 Å². The number of carbonyl (C=O) groups is 2. The summed E-state index contributed by atoms with van der Waals surface area (Å²) in [6.07, 6.45) is 4.36. The molecule has 1 saturated carbocycles. The van der Waals surface area contributed by atoms with Gasteiger partial charge >= 0.3 is 12.1 Å². The van der Waals surface area contributed by atoms with E-state index in [1.807, 2.05) is 60.7 Å². The van der Waals surface area contributed by atoms with Crippen molar-refractivity contribution in [1.29, 1.82) is 0 Å². The van der Waals surface area contributed by atoms with E-state index in [9.17, 15) is 19.0 Å². The average Bonchev–Trinajstić information content (AvgIpc) is 2.85. The Bertz CT molecular complexity index is 946. The monoisotopic (exact) mass is 487 g/mol. The summed E-state index contributed by atoms with van der Waals surface area (Å²) < 4.78 is 23.9. The van der Waals surface area contributed by atoms with E-state index in [0.29, 0.717) is 0 Å². The van der Waals surface area contributed by atoms with Crippen LogP contribution in [0.3, 0.4) is 0 Å². The summed E-state index contributed by atoms with van der Waals surface area (Å²) in [4.78, 5) is 35.7. The smallest absolute Gasteiger partial charge is 0.408 e. The van der Waals surface area contributed by atoms with Gasteiger partial charge in [-0.2, -0.15) is 0 Å². The lowest BCUT2D eigenvalue weighted by atomic mass is 9.91. The highest BCUT2D eigenvalue weighted by molar-refractivity contribution is 7.58. The molecule has 2 aromatic carbocycles. The maximum atomic E-state index is 13.3. The number of rotatable bonds is 11. The lowest BCUT2D eigenvalue weighted by molar-refractivity contribution is -0.145. The van der Waals surface area contributed by atoms with Crippen LogP contribution in [0, 0.1) is 5.92 Å². The van der Waals surface area contributed by atoms with Gasteiger partial charge in [-0.3, -0.25) is 9.36 Å². The van der Waals surface area contributed by atoms with Crippen LogP contribution in [0.25, 0.3) is 0 Å². The Morgan fingerprint density at radius 2 is 1.47 bits per heavy atom. The molecule has 34 heavy (non-hydrogen) atoms. The van der Waals surface area contributed by atoms with Crippen molar-refractivity contribution < 1.29 is 28.5 Å². The van der Waals surface area contributed by atoms with E-state index < -0.39 is 25.2 Å². The summed E-state index contributed by atoms with van der Waals surface area (Å²) in [5.41, 5.74) is 1.67. The highest BCUT2D eigenvalue weighted by Gasteiger charge is 2.36. The Labute approximate surface area is 201 Å². The van der Waals surface area contributed by atoms with Crippen molar-refractivity contribution in [1.82, 2.24) is 5.32 Å². The first-order valence-electron chi connectivity index (χ1n) is 11.9. The molecule has 2 N–H and O–H groups in total. The van der Waals surface area contributed by atoms with Crippen molar-refractivity contribution in [3.8, 4) is 0 Å². The fraction of sp³-hybridized carbons (Fsp3) is 0.462. The second-order valence-corrected chi connectivity index (χ2v) is 11.3. The molecule has 1 amide bonds. The number of hydrogen-bond donors (Lipinski definition) is 2. The van der Waals surface area contributed by atoms with Crippen molar-refractivity contribution in [3.05, 3.63) is 71.8 Å². The largest absolute Gasteiger partial charge is 0.461 e. The second-order valence-electron chi connectivity index (χ2n) is 8.85. The lowest BCUT2D eigenvalue weighted by Crippen LogP contribution is -2.37. The third kappa shape index (κ3) is 8.96. The predicted molar refractivity (Wildman–Crippen MR) is 130 cm³/mol. The standard InChI is InChI=1S/C26H34NO6P/c28-25(32-18-21-10-4-1-5-11-21)17-16-24(34(30,31)20-23-14-8-3-9-15-23)27-26(29)33-19-22-12-6-2-7-13-22/h1-2,4-7,10-13,23-24H,3,8-9,14-20H2,(H,27,29)(H,30,31). The van der Waals surface area contributed by atoms with Crippen LogP contribution in [0.4, 0.5) is 4.79 Å². The van der Waals surface area contributed by atoms with Crippen LogP contribution in [-0.2, 0) is 32.0 Å². The molecule has 0 aromatic heterocycles. The zero-order valence-corrected chi connectivity index (χ0v) is 20.3. The van der Waals surface area contributed by atoms with Crippen molar-refractivity contribution in [2.45, 2.75) is 63.9 Å². The van der Waals surface area contributed by atoms with E-state index in [0.717, 1.165) is 43.2 Å². The fourth-order valence-electron chi connectivity index (χ4n) is 4.21. The van der Waals surface area contributed by atoms with E-state index in [4.69, 9.17) is 9.47 Å². The first kappa shape index (κ1) is 26.0. The number of ether oxygens (including phenoxy) is 2. The highest BCUT2D eigenvalue weighted by Crippen LogP contribution is 2.50. The molecule has 0 bridgehead atoms. The van der Waals surface area contributed by atoms with E-state index >= 15 is 0 Å². The quantitative estimate of drug-likeness (QED) is 0.315. The van der Waals surface area contributed by atoms with Crippen molar-refractivity contribution >= 4 is 19.4 Å². The van der Waals surface area contributed by atoms with Gasteiger partial charge in [0.25, 0.3) is 0 Å². The summed E-state index contributed by atoms with van der Waals surface area (Å²) in [5.74, 6) is -1.40. The van der Waals surface area contributed by atoms with E-state index in [1.54, 1.807) is 0 Å². The van der Waals surface area contributed by atoms with Gasteiger partial charge in [0.1, 0.15) is 19.0 Å². The van der Waals surface area contributed by atoms with E-state index in [1.165, 1.54) is 0 Å². The number of esters is 1. The molecule has 1 aliphatic carbocycles. The molecule has 3 rings (SSSR count). The predicted octanol–water partition coefficient (Wildman–Crippen LogP) is 5.61. The molecule has 2 atom stereocenters. The van der Waals surface area contributed by atoms with Gasteiger partial charge in [0.2, 0.25) is 7.37 Å². The molecule has 2 unspecified atom stereocenters. The minimum absolute atomic E-state index is 0.00849. The molecule has 1 fully saturated rings. The molecule has 184 valence electrons. The average molecular weight is 488 g/mol. The summed E-state index contributed by atoms with van der Waals surface area (Å²) in [5, 5.41) is 2.56. The Kier molecular flexibility index (Phi) is 10.2. The molecule has 0 radical (unpaired) electrons. The molecule has 2 aromatic rings. The van der Waals surface area contributed by atoms with Crippen LogP contribution in [0.1, 0.15) is 56.1 Å². The van der Waals surface area contributed by atoms with Gasteiger partial charge in [0.15, 0.2) is 0 Å². The number of benzene rings is 2. The maximum Gasteiger partial charge on any atom is 0.408 e. The number of nitrogens with one attached hydrogen (secondary N) is 1. The molecule has 0 heterocycles. The van der Waals surface area contributed by atoms with Gasteiger partial charge in [-0.1, -0.05) is 79.9 Å². The van der Waals surface area contributed by atoms with Crippen LogP contribution in [0.5, 0.6) is 0 Å². The number of amides is 1. The molecule has 1 aliphatic rings. The topological polar surface area (TPSA) is 102 Å². The van der Waals surface area contributed by atoms with Crippen molar-refractivity contribution in [3.63, 3.8) is 0 Å². The van der Waals surface area contributed by atoms with Gasteiger partial charge in [0, 0.05) is 12.6 Å². The normalized spacial score (nSPS) is 16.7. The molecule has 0 saturated heterocycles. The third-order valence-corrected chi connectivity index (χ3v) is 8.49. The highest BCUT2D eigenvalue weighted by atomic mass is 31.2. The first-order chi connectivity index (χ1) is 16.4. The zero-order valence-electron chi connectivity index (χ0n) is 19.4. The molecule has 0 spiro atoms. The van der Waals surface area contributed by atoms with Crippen LogP contribution in [0.2, 0.25) is 0 Å². The third-order valence-electron chi connectivity index (χ3n) is 6.09. The van der Waals surface area contributed by atoms with Crippen molar-refractivity contribution in [2.75, 3.05) is 6.16 Å². The maximum absolute atomic E-state index is 13.3. The number of hydrogen-bond acceptors (Lipinski definition) is 5. The van der Waals surface area contributed by atoms with Crippen LogP contribution < -0.4 is 5.32 Å². The van der Waals surface area contributed by atoms with Crippen LogP contribution >= 0.6 is 7.37 Å². The first-order valence-corrected chi connectivity index (χ1v) is 13.8. The zero-order chi connectivity index (χ0) is 24.2. The lowest BCUT2D eigenvalue weighted by Gasteiger charge is -2.29. The van der Waals surface area contributed by atoms with E-state index in [2.05, 4.69) is 5.32 Å². The molecular formula is C26H34NO6P. The summed E-state index contributed by atoms with van der Waals surface area (Å²) in [6.45, 7) is 0.187. The Morgan fingerprint density at radius 1 is 0.912 bits per heavy atom. The van der Waals surface area contributed by atoms with Crippen LogP contribution in [0.15, 0.2) is 60.7 Å². The molecular weight excluding hydrogens is 453 g/mol. The molecule has 7 nitrogen and oxygen atoms in total. The Balaban J connectivity index is 1.57. The van der Waals surface area contributed by atoms with Crippen molar-refractivity contribution in [2.24, 2.45) is 5.92 Å². The van der Waals surface area contributed by atoms with Gasteiger partial charge < -0.3 is 19.7 Å². The molecule has 0 aliphatic heterocycles. The SMILES string of the molecule is O=C(CCC(NC(=O)OCc1ccccc1)P(=O)(O)CC1CCCCC1)OCc1ccccc1. The molecule has 8 heteroatoms. The summed E-state index contributed by atoms with van der Waals surface area (Å²) >= 11 is 0. The Hall–Kier alpha value is -2.63. The van der Waals surface area contributed by atoms with Gasteiger partial charge in [-0.15, -0.1) is 0 Å². The second kappa shape index (κ2) is 13.3. The minimum atomic E-state index is -3.77. The fourth-order valence-corrected chi connectivity index (χ4v) is 6.41.